The number of aromatic nitrogens is 3. The third-order valence-corrected chi connectivity index (χ3v) is 7.27. The maximum atomic E-state index is 13.1. The van der Waals surface area contributed by atoms with Gasteiger partial charge in [0.2, 0.25) is 10.0 Å². The first-order valence-electron chi connectivity index (χ1n) is 8.59. The number of rotatable bonds is 3. The molecule has 0 atom stereocenters. The average Bonchev–Trinajstić information content (AvgIpc) is 3.12. The maximum absolute atomic E-state index is 13.1. The second kappa shape index (κ2) is 7.26. The lowest BCUT2D eigenvalue weighted by molar-refractivity contribution is -0.141. The Morgan fingerprint density at radius 3 is 2.52 bits per heavy atom. The van der Waals surface area contributed by atoms with E-state index in [0.29, 0.717) is 11.0 Å². The van der Waals surface area contributed by atoms with Crippen LogP contribution in [0.3, 0.4) is 0 Å². The summed E-state index contributed by atoms with van der Waals surface area (Å²) >= 11 is 2.87. The van der Waals surface area contributed by atoms with E-state index in [1.54, 1.807) is 23.2 Å². The summed E-state index contributed by atoms with van der Waals surface area (Å²) in [5.74, 6) is 0.161. The Kier molecular flexibility index (Phi) is 5.03. The van der Waals surface area contributed by atoms with E-state index in [2.05, 4.69) is 30.9 Å². The lowest BCUT2D eigenvalue weighted by Crippen LogP contribution is -2.49. The standard InChI is InChI=1S/C17H15BrF3N5O2S/c18-12-3-4-14(24-15(12)17(19,20)21)25-6-8-26(9-7-25)29(27,28)13-10-23-16-11(13)2-1-5-22-16/h1-5,10H,6-9H2,(H,22,23). The summed E-state index contributed by atoms with van der Waals surface area (Å²) < 4.78 is 66.5. The summed E-state index contributed by atoms with van der Waals surface area (Å²) in [6.45, 7) is 0.722. The van der Waals surface area contributed by atoms with Crippen LogP contribution in [0.2, 0.25) is 0 Å². The monoisotopic (exact) mass is 489 g/mol. The molecule has 0 radical (unpaired) electrons. The molecule has 29 heavy (non-hydrogen) atoms. The van der Waals surface area contributed by atoms with Crippen LogP contribution < -0.4 is 4.90 Å². The van der Waals surface area contributed by atoms with Crippen molar-refractivity contribution in [1.82, 2.24) is 19.3 Å². The van der Waals surface area contributed by atoms with E-state index in [4.69, 9.17) is 0 Å². The molecule has 0 aromatic carbocycles. The van der Waals surface area contributed by atoms with E-state index in [9.17, 15) is 21.6 Å². The van der Waals surface area contributed by atoms with Crippen molar-refractivity contribution in [3.05, 3.63) is 46.8 Å². The number of nitrogens with zero attached hydrogens (tertiary/aromatic N) is 4. The molecule has 3 aromatic heterocycles. The molecule has 154 valence electrons. The number of piperazine rings is 1. The number of nitrogens with one attached hydrogen (secondary N) is 1. The number of pyridine rings is 2. The van der Waals surface area contributed by atoms with Gasteiger partial charge in [-0.15, -0.1) is 0 Å². The number of hydrogen-bond donors (Lipinski definition) is 1. The van der Waals surface area contributed by atoms with Crippen molar-refractivity contribution >= 4 is 42.8 Å². The van der Waals surface area contributed by atoms with Crippen LogP contribution in [0, 0.1) is 0 Å². The summed E-state index contributed by atoms with van der Waals surface area (Å²) in [4.78, 5) is 12.4. The van der Waals surface area contributed by atoms with E-state index in [1.165, 1.54) is 22.6 Å². The zero-order chi connectivity index (χ0) is 20.8. The Bertz CT molecular complexity index is 1160. The van der Waals surface area contributed by atoms with Crippen LogP contribution in [0.4, 0.5) is 19.0 Å². The minimum absolute atomic E-state index is 0.133. The molecule has 1 saturated heterocycles. The van der Waals surface area contributed by atoms with Crippen LogP contribution in [0.1, 0.15) is 5.69 Å². The summed E-state index contributed by atoms with van der Waals surface area (Å²) in [6.07, 6.45) is -1.61. The first-order valence-corrected chi connectivity index (χ1v) is 10.8. The van der Waals surface area contributed by atoms with Crippen LogP contribution in [-0.2, 0) is 16.2 Å². The van der Waals surface area contributed by atoms with Crippen molar-refractivity contribution in [1.29, 1.82) is 0 Å². The third-order valence-electron chi connectivity index (χ3n) is 4.69. The van der Waals surface area contributed by atoms with Crippen molar-refractivity contribution in [3.63, 3.8) is 0 Å². The van der Waals surface area contributed by atoms with Gasteiger partial charge in [0.25, 0.3) is 0 Å². The Hall–Kier alpha value is -2.18. The third kappa shape index (κ3) is 3.71. The number of sulfonamides is 1. The molecule has 1 aliphatic rings. The molecule has 7 nitrogen and oxygen atoms in total. The highest BCUT2D eigenvalue weighted by Gasteiger charge is 2.36. The number of H-pyrrole nitrogens is 1. The van der Waals surface area contributed by atoms with Gasteiger partial charge in [0.05, 0.1) is 0 Å². The van der Waals surface area contributed by atoms with Gasteiger partial charge < -0.3 is 9.88 Å². The quantitative estimate of drug-likeness (QED) is 0.610. The molecule has 0 saturated carbocycles. The summed E-state index contributed by atoms with van der Waals surface area (Å²) in [6, 6.07) is 6.11. The molecule has 1 N–H and O–H groups in total. The maximum Gasteiger partial charge on any atom is 0.434 e. The summed E-state index contributed by atoms with van der Waals surface area (Å²) in [5, 5.41) is 0.499. The lowest BCUT2D eigenvalue weighted by atomic mass is 10.3. The fraction of sp³-hybridized carbons (Fsp3) is 0.294. The van der Waals surface area contributed by atoms with Gasteiger partial charge in [0, 0.05) is 48.4 Å². The number of fused-ring (bicyclic) bond motifs is 1. The molecule has 4 rings (SSSR count). The normalized spacial score (nSPS) is 16.5. The van der Waals surface area contributed by atoms with Gasteiger partial charge in [0.1, 0.15) is 16.4 Å². The van der Waals surface area contributed by atoms with Crippen molar-refractivity contribution < 1.29 is 21.6 Å². The topological polar surface area (TPSA) is 82.2 Å². The zero-order valence-corrected chi connectivity index (χ0v) is 17.2. The molecule has 1 fully saturated rings. The van der Waals surface area contributed by atoms with E-state index < -0.39 is 21.9 Å². The molecule has 0 spiro atoms. The molecular weight excluding hydrogens is 475 g/mol. The Labute approximate surface area is 172 Å². The molecule has 0 bridgehead atoms. The van der Waals surface area contributed by atoms with Gasteiger partial charge in [-0.3, -0.25) is 0 Å². The van der Waals surface area contributed by atoms with E-state index in [1.807, 2.05) is 0 Å². The van der Waals surface area contributed by atoms with Gasteiger partial charge in [-0.05, 0) is 40.2 Å². The SMILES string of the molecule is O=S(=O)(c1c[nH]c2ncccc12)N1CCN(c2ccc(Br)c(C(F)(F)F)n2)CC1. The Balaban J connectivity index is 1.54. The average molecular weight is 490 g/mol. The number of hydrogen-bond acceptors (Lipinski definition) is 5. The zero-order valence-electron chi connectivity index (χ0n) is 14.8. The molecule has 12 heteroatoms. The fourth-order valence-electron chi connectivity index (χ4n) is 3.25. The van der Waals surface area contributed by atoms with Gasteiger partial charge in [0.15, 0.2) is 5.69 Å². The van der Waals surface area contributed by atoms with Crippen molar-refractivity contribution in [3.8, 4) is 0 Å². The molecule has 0 unspecified atom stereocenters. The van der Waals surface area contributed by atoms with Crippen LogP contribution in [0.25, 0.3) is 11.0 Å². The molecule has 0 amide bonds. The summed E-state index contributed by atoms with van der Waals surface area (Å²) in [5.41, 5.74) is -0.528. The Morgan fingerprint density at radius 2 is 1.83 bits per heavy atom. The van der Waals surface area contributed by atoms with Gasteiger partial charge in [-0.1, -0.05) is 0 Å². The lowest BCUT2D eigenvalue weighted by Gasteiger charge is -2.34. The Morgan fingerprint density at radius 1 is 1.10 bits per heavy atom. The van der Waals surface area contributed by atoms with Crippen LogP contribution >= 0.6 is 15.9 Å². The molecule has 1 aliphatic heterocycles. The van der Waals surface area contributed by atoms with Crippen molar-refractivity contribution in [2.24, 2.45) is 0 Å². The summed E-state index contributed by atoms with van der Waals surface area (Å²) in [7, 11) is -3.76. The minimum atomic E-state index is -4.58. The molecule has 4 heterocycles. The van der Waals surface area contributed by atoms with Crippen LogP contribution in [0.5, 0.6) is 0 Å². The second-order valence-corrected chi connectivity index (χ2v) is 9.20. The predicted octanol–water partition coefficient (Wildman–Crippen LogP) is 3.25. The highest BCUT2D eigenvalue weighted by atomic mass is 79.9. The first kappa shape index (κ1) is 20.1. The highest BCUT2D eigenvalue weighted by molar-refractivity contribution is 9.10. The minimum Gasteiger partial charge on any atom is -0.354 e. The molecule has 0 aliphatic carbocycles. The van der Waals surface area contributed by atoms with E-state index >= 15 is 0 Å². The largest absolute Gasteiger partial charge is 0.434 e. The number of alkyl halides is 3. The van der Waals surface area contributed by atoms with Gasteiger partial charge in [-0.2, -0.15) is 17.5 Å². The smallest absolute Gasteiger partial charge is 0.354 e. The fourth-order valence-corrected chi connectivity index (χ4v) is 5.27. The van der Waals surface area contributed by atoms with E-state index in [0.717, 1.165) is 0 Å². The number of aromatic amines is 1. The molecule has 3 aromatic rings. The number of halogens is 4. The van der Waals surface area contributed by atoms with E-state index in [-0.39, 0.29) is 41.4 Å². The van der Waals surface area contributed by atoms with Crippen molar-refractivity contribution in [2.75, 3.05) is 31.1 Å². The van der Waals surface area contributed by atoms with Gasteiger partial charge in [-0.25, -0.2) is 18.4 Å². The van der Waals surface area contributed by atoms with Crippen LogP contribution in [-0.4, -0.2) is 53.9 Å². The molecular formula is C17H15BrF3N5O2S. The first-order chi connectivity index (χ1) is 13.7. The van der Waals surface area contributed by atoms with Crippen molar-refractivity contribution in [2.45, 2.75) is 11.1 Å². The predicted molar refractivity (Wildman–Crippen MR) is 104 cm³/mol. The number of anilines is 1. The van der Waals surface area contributed by atoms with Crippen LogP contribution in [0.15, 0.2) is 46.0 Å². The second-order valence-electron chi connectivity index (χ2n) is 6.44. The highest BCUT2D eigenvalue weighted by Crippen LogP contribution is 2.35. The van der Waals surface area contributed by atoms with Gasteiger partial charge >= 0.3 is 6.18 Å².